The predicted octanol–water partition coefficient (Wildman–Crippen LogP) is 7.62. The number of halogens is 3. The molecule has 1 atom stereocenters. The van der Waals surface area contributed by atoms with Crippen molar-refractivity contribution in [1.82, 2.24) is 10.2 Å². The standard InChI is InChI=1S/C35H36Cl3N3O4S/c1-23(2)39-35(43)33(20-26-9-6-5-7-10-26)40(21-29-30(37)11-8-12-31(29)38)34(42)22-41(32-18-15-27(36)19-25(32)4)46(44,45)28-16-13-24(3)14-17-28/h5-19,23,33H,20-22H2,1-4H3,(H,39,43)/t33-/m0/s1. The SMILES string of the molecule is Cc1ccc(S(=O)(=O)N(CC(=O)N(Cc2c(Cl)cccc2Cl)[C@@H](Cc2ccccc2)C(=O)NC(C)C)c2ccc(Cl)cc2C)cc1. The van der Waals surface area contributed by atoms with Gasteiger partial charge in [0.25, 0.3) is 10.0 Å². The third-order valence-electron chi connectivity index (χ3n) is 7.41. The van der Waals surface area contributed by atoms with E-state index in [0.717, 1.165) is 15.4 Å². The molecule has 0 saturated carbocycles. The van der Waals surface area contributed by atoms with E-state index < -0.39 is 34.4 Å². The molecular formula is C35H36Cl3N3O4S. The zero-order chi connectivity index (χ0) is 33.6. The predicted molar refractivity (Wildman–Crippen MR) is 186 cm³/mol. The van der Waals surface area contributed by atoms with Crippen LogP contribution in [0.5, 0.6) is 0 Å². The van der Waals surface area contributed by atoms with Gasteiger partial charge in [0, 0.05) is 39.6 Å². The number of anilines is 1. The molecule has 242 valence electrons. The lowest BCUT2D eigenvalue weighted by molar-refractivity contribution is -0.140. The molecule has 0 saturated heterocycles. The van der Waals surface area contributed by atoms with E-state index >= 15 is 0 Å². The van der Waals surface area contributed by atoms with Crippen molar-refractivity contribution in [3.63, 3.8) is 0 Å². The molecule has 0 bridgehead atoms. The second kappa shape index (κ2) is 15.4. The van der Waals surface area contributed by atoms with Crippen LogP contribution in [0, 0.1) is 13.8 Å². The first-order chi connectivity index (χ1) is 21.8. The molecular weight excluding hydrogens is 665 g/mol. The maximum Gasteiger partial charge on any atom is 0.264 e. The Labute approximate surface area is 286 Å². The molecule has 0 aliphatic rings. The van der Waals surface area contributed by atoms with Gasteiger partial charge in [-0.3, -0.25) is 13.9 Å². The molecule has 7 nitrogen and oxygen atoms in total. The lowest BCUT2D eigenvalue weighted by Crippen LogP contribution is -2.54. The number of nitrogens with zero attached hydrogens (tertiary/aromatic N) is 2. The highest BCUT2D eigenvalue weighted by Crippen LogP contribution is 2.31. The van der Waals surface area contributed by atoms with E-state index in [2.05, 4.69) is 5.32 Å². The third-order valence-corrected chi connectivity index (χ3v) is 10.1. The molecule has 46 heavy (non-hydrogen) atoms. The summed E-state index contributed by atoms with van der Waals surface area (Å²) in [6, 6.07) is 24.2. The molecule has 1 N–H and O–H groups in total. The Morgan fingerprint density at radius 1 is 0.826 bits per heavy atom. The number of sulfonamides is 1. The largest absolute Gasteiger partial charge is 0.352 e. The number of hydrogen-bond donors (Lipinski definition) is 1. The van der Waals surface area contributed by atoms with Gasteiger partial charge in [0.1, 0.15) is 12.6 Å². The van der Waals surface area contributed by atoms with Gasteiger partial charge in [0.15, 0.2) is 0 Å². The number of hydrogen-bond acceptors (Lipinski definition) is 4. The van der Waals surface area contributed by atoms with Crippen LogP contribution >= 0.6 is 34.8 Å². The highest BCUT2D eigenvalue weighted by Gasteiger charge is 2.35. The fraction of sp³-hybridized carbons (Fsp3) is 0.257. The van der Waals surface area contributed by atoms with Crippen molar-refractivity contribution in [2.24, 2.45) is 0 Å². The van der Waals surface area contributed by atoms with Crippen molar-refractivity contribution in [3.05, 3.63) is 128 Å². The monoisotopic (exact) mass is 699 g/mol. The van der Waals surface area contributed by atoms with Gasteiger partial charge < -0.3 is 10.2 Å². The van der Waals surface area contributed by atoms with E-state index in [1.54, 1.807) is 55.5 Å². The van der Waals surface area contributed by atoms with Gasteiger partial charge in [0.05, 0.1) is 10.6 Å². The van der Waals surface area contributed by atoms with E-state index in [0.29, 0.717) is 26.2 Å². The summed E-state index contributed by atoms with van der Waals surface area (Å²) in [5, 5.41) is 3.97. The molecule has 0 spiro atoms. The molecule has 4 rings (SSSR count). The minimum Gasteiger partial charge on any atom is -0.352 e. The first-order valence-electron chi connectivity index (χ1n) is 14.7. The summed E-state index contributed by atoms with van der Waals surface area (Å²) in [7, 11) is -4.26. The number of benzene rings is 4. The van der Waals surface area contributed by atoms with Gasteiger partial charge in [-0.25, -0.2) is 8.42 Å². The Balaban J connectivity index is 1.86. The van der Waals surface area contributed by atoms with Crippen LogP contribution in [0.4, 0.5) is 5.69 Å². The van der Waals surface area contributed by atoms with Crippen molar-refractivity contribution in [2.75, 3.05) is 10.8 Å². The van der Waals surface area contributed by atoms with Crippen molar-refractivity contribution >= 4 is 62.3 Å². The Bertz CT molecular complexity index is 1780. The van der Waals surface area contributed by atoms with Crippen LogP contribution in [0.3, 0.4) is 0 Å². The fourth-order valence-corrected chi connectivity index (χ4v) is 7.26. The van der Waals surface area contributed by atoms with Crippen LogP contribution in [-0.4, -0.2) is 43.8 Å². The maximum atomic E-state index is 14.6. The molecule has 0 aromatic heterocycles. The number of rotatable bonds is 12. The minimum absolute atomic E-state index is 0.0133. The molecule has 2 amide bonds. The van der Waals surface area contributed by atoms with Crippen LogP contribution in [-0.2, 0) is 32.6 Å². The highest BCUT2D eigenvalue weighted by atomic mass is 35.5. The highest BCUT2D eigenvalue weighted by molar-refractivity contribution is 7.92. The number of nitrogens with one attached hydrogen (secondary N) is 1. The Morgan fingerprint density at radius 3 is 2.04 bits per heavy atom. The van der Waals surface area contributed by atoms with Gasteiger partial charge in [-0.1, -0.05) is 88.9 Å². The number of amides is 2. The zero-order valence-electron chi connectivity index (χ0n) is 26.0. The first-order valence-corrected chi connectivity index (χ1v) is 17.3. The van der Waals surface area contributed by atoms with Crippen LogP contribution in [0.1, 0.15) is 36.1 Å². The molecule has 0 fully saturated rings. The van der Waals surface area contributed by atoms with Crippen molar-refractivity contribution < 1.29 is 18.0 Å². The van der Waals surface area contributed by atoms with Crippen LogP contribution in [0.25, 0.3) is 0 Å². The lowest BCUT2D eigenvalue weighted by atomic mass is 10.0. The van der Waals surface area contributed by atoms with Gasteiger partial charge in [-0.2, -0.15) is 0 Å². The number of carbonyl (C=O) groups excluding carboxylic acids is 2. The number of aryl methyl sites for hydroxylation is 2. The van der Waals surface area contributed by atoms with E-state index in [1.807, 2.05) is 51.1 Å². The van der Waals surface area contributed by atoms with Gasteiger partial charge in [-0.15, -0.1) is 0 Å². The van der Waals surface area contributed by atoms with Crippen molar-refractivity contribution in [2.45, 2.75) is 57.6 Å². The maximum absolute atomic E-state index is 14.6. The van der Waals surface area contributed by atoms with Crippen LogP contribution < -0.4 is 9.62 Å². The Hall–Kier alpha value is -3.56. The molecule has 4 aromatic rings. The topological polar surface area (TPSA) is 86.8 Å². The first kappa shape index (κ1) is 35.3. The van der Waals surface area contributed by atoms with Crippen LogP contribution in [0.15, 0.2) is 95.9 Å². The fourth-order valence-electron chi connectivity index (χ4n) is 5.04. The molecule has 0 heterocycles. The lowest BCUT2D eigenvalue weighted by Gasteiger charge is -2.34. The summed E-state index contributed by atoms with van der Waals surface area (Å²) >= 11 is 19.4. The second-order valence-corrected chi connectivity index (χ2v) is 14.5. The van der Waals surface area contributed by atoms with E-state index in [-0.39, 0.29) is 29.6 Å². The molecule has 0 radical (unpaired) electrons. The summed E-state index contributed by atoms with van der Waals surface area (Å²) in [4.78, 5) is 29.8. The Kier molecular flexibility index (Phi) is 11.8. The average Bonchev–Trinajstić information content (AvgIpc) is 2.99. The van der Waals surface area contributed by atoms with Gasteiger partial charge >= 0.3 is 0 Å². The summed E-state index contributed by atoms with van der Waals surface area (Å²) in [5.74, 6) is -1.02. The average molecular weight is 701 g/mol. The molecule has 11 heteroatoms. The van der Waals surface area contributed by atoms with Gasteiger partial charge in [0.2, 0.25) is 11.8 Å². The molecule has 0 unspecified atom stereocenters. The van der Waals surface area contributed by atoms with Gasteiger partial charge in [-0.05, 0) is 81.3 Å². The molecule has 4 aromatic carbocycles. The van der Waals surface area contributed by atoms with Crippen molar-refractivity contribution in [3.8, 4) is 0 Å². The minimum atomic E-state index is -4.26. The van der Waals surface area contributed by atoms with E-state index in [4.69, 9.17) is 34.8 Å². The summed E-state index contributed by atoms with van der Waals surface area (Å²) in [5.41, 5.74) is 2.96. The van der Waals surface area contributed by atoms with Crippen molar-refractivity contribution in [1.29, 1.82) is 0 Å². The third kappa shape index (κ3) is 8.62. The Morgan fingerprint density at radius 2 is 1.46 bits per heavy atom. The zero-order valence-corrected chi connectivity index (χ0v) is 29.1. The normalized spacial score (nSPS) is 12.1. The van der Waals surface area contributed by atoms with E-state index in [9.17, 15) is 18.0 Å². The quantitative estimate of drug-likeness (QED) is 0.165. The molecule has 0 aliphatic heterocycles. The summed E-state index contributed by atoms with van der Waals surface area (Å²) in [6.45, 7) is 6.48. The summed E-state index contributed by atoms with van der Waals surface area (Å²) < 4.78 is 29.6. The number of carbonyl (C=O) groups is 2. The smallest absolute Gasteiger partial charge is 0.264 e. The summed E-state index contributed by atoms with van der Waals surface area (Å²) in [6.07, 6.45) is 0.165. The van der Waals surface area contributed by atoms with E-state index in [1.165, 1.54) is 17.0 Å². The molecule has 0 aliphatic carbocycles. The van der Waals surface area contributed by atoms with Crippen LogP contribution in [0.2, 0.25) is 15.1 Å². The second-order valence-electron chi connectivity index (χ2n) is 11.3.